The molecule has 1 aromatic carbocycles. The Balaban J connectivity index is 1.55. The number of allylic oxidation sites excluding steroid dienone is 1. The molecular formula is C21H32S2. The molecule has 0 unspecified atom stereocenters. The van der Waals surface area contributed by atoms with Gasteiger partial charge in [0.1, 0.15) is 0 Å². The number of thioether (sulfide) groups is 2. The van der Waals surface area contributed by atoms with Crippen LogP contribution in [0.5, 0.6) is 0 Å². The molecule has 0 bridgehead atoms. The Morgan fingerprint density at radius 3 is 2.57 bits per heavy atom. The normalized spacial score (nSPS) is 16.2. The summed E-state index contributed by atoms with van der Waals surface area (Å²) < 4.78 is 0. The van der Waals surface area contributed by atoms with Crippen LogP contribution in [0.4, 0.5) is 0 Å². The lowest BCUT2D eigenvalue weighted by molar-refractivity contribution is 0.329. The SMILES string of the molecule is CC=CCSc1cccc(SCCCCCC2CCCCC2)c1. The van der Waals surface area contributed by atoms with E-state index in [0.29, 0.717) is 0 Å². The van der Waals surface area contributed by atoms with Gasteiger partial charge < -0.3 is 0 Å². The molecule has 2 heteroatoms. The summed E-state index contributed by atoms with van der Waals surface area (Å²) in [5.41, 5.74) is 0. The molecule has 1 fully saturated rings. The fourth-order valence-electron chi connectivity index (χ4n) is 3.27. The van der Waals surface area contributed by atoms with Crippen molar-refractivity contribution in [2.24, 2.45) is 5.92 Å². The molecule has 0 aromatic heterocycles. The standard InChI is InChI=1S/C21H32S2/c1-2-3-16-22-20-14-10-15-21(18-20)23-17-9-5-8-13-19-11-6-4-7-12-19/h2-3,10,14-15,18-19H,4-9,11-13,16-17H2,1H3. The zero-order chi connectivity index (χ0) is 16.2. The molecular weight excluding hydrogens is 316 g/mol. The topological polar surface area (TPSA) is 0 Å². The Morgan fingerprint density at radius 2 is 1.78 bits per heavy atom. The number of hydrogen-bond acceptors (Lipinski definition) is 2. The zero-order valence-electron chi connectivity index (χ0n) is 14.6. The molecule has 0 amide bonds. The second kappa shape index (κ2) is 12.1. The van der Waals surface area contributed by atoms with Crippen LogP contribution < -0.4 is 0 Å². The lowest BCUT2D eigenvalue weighted by atomic mass is 9.86. The molecule has 0 heterocycles. The lowest BCUT2D eigenvalue weighted by Crippen LogP contribution is -2.05. The van der Waals surface area contributed by atoms with Crippen molar-refractivity contribution in [3.05, 3.63) is 36.4 Å². The Kier molecular flexibility index (Phi) is 9.98. The minimum Gasteiger partial charge on any atom is -0.126 e. The first kappa shape index (κ1) is 19.0. The second-order valence-corrected chi connectivity index (χ2v) is 8.82. The quantitative estimate of drug-likeness (QED) is 0.243. The fraction of sp³-hybridized carbons (Fsp3) is 0.619. The average Bonchev–Trinajstić information content (AvgIpc) is 2.59. The van der Waals surface area contributed by atoms with Crippen LogP contribution in [0.2, 0.25) is 0 Å². The molecule has 0 radical (unpaired) electrons. The van der Waals surface area contributed by atoms with E-state index in [1.807, 2.05) is 23.5 Å². The summed E-state index contributed by atoms with van der Waals surface area (Å²) in [4.78, 5) is 2.83. The Labute approximate surface area is 151 Å². The van der Waals surface area contributed by atoms with Crippen LogP contribution in [0.15, 0.2) is 46.2 Å². The van der Waals surface area contributed by atoms with Crippen molar-refractivity contribution in [1.82, 2.24) is 0 Å². The van der Waals surface area contributed by atoms with Gasteiger partial charge in [-0.3, -0.25) is 0 Å². The summed E-state index contributed by atoms with van der Waals surface area (Å²) in [5, 5.41) is 0. The number of unbranched alkanes of at least 4 members (excludes halogenated alkanes) is 2. The monoisotopic (exact) mass is 348 g/mol. The zero-order valence-corrected chi connectivity index (χ0v) is 16.3. The predicted molar refractivity (Wildman–Crippen MR) is 108 cm³/mol. The third-order valence-corrected chi connectivity index (χ3v) is 6.66. The highest BCUT2D eigenvalue weighted by Gasteiger charge is 2.12. The van der Waals surface area contributed by atoms with Crippen LogP contribution in [-0.4, -0.2) is 11.5 Å². The van der Waals surface area contributed by atoms with Crippen molar-refractivity contribution in [2.75, 3.05) is 11.5 Å². The summed E-state index contributed by atoms with van der Waals surface area (Å²) in [6.45, 7) is 2.08. The molecule has 1 aliphatic carbocycles. The van der Waals surface area contributed by atoms with Crippen LogP contribution in [0, 0.1) is 5.92 Å². The van der Waals surface area contributed by atoms with Gasteiger partial charge in [-0.15, -0.1) is 23.5 Å². The van der Waals surface area contributed by atoms with E-state index >= 15 is 0 Å². The fourth-order valence-corrected chi connectivity index (χ4v) is 5.18. The smallest absolute Gasteiger partial charge is 0.0160 e. The van der Waals surface area contributed by atoms with Gasteiger partial charge in [0.2, 0.25) is 0 Å². The summed E-state index contributed by atoms with van der Waals surface area (Å²) in [7, 11) is 0. The molecule has 0 atom stereocenters. The highest BCUT2D eigenvalue weighted by molar-refractivity contribution is 8.00. The van der Waals surface area contributed by atoms with E-state index in [1.54, 1.807) is 0 Å². The minimum atomic E-state index is 1.06. The molecule has 1 saturated carbocycles. The van der Waals surface area contributed by atoms with Gasteiger partial charge in [0, 0.05) is 15.5 Å². The number of benzene rings is 1. The maximum Gasteiger partial charge on any atom is 0.0160 e. The van der Waals surface area contributed by atoms with Crippen molar-refractivity contribution < 1.29 is 0 Å². The molecule has 2 rings (SSSR count). The molecule has 0 nitrogen and oxygen atoms in total. The number of hydrogen-bond donors (Lipinski definition) is 0. The van der Waals surface area contributed by atoms with Gasteiger partial charge in [0.15, 0.2) is 0 Å². The van der Waals surface area contributed by atoms with Crippen molar-refractivity contribution >= 4 is 23.5 Å². The first-order valence-corrected chi connectivity index (χ1v) is 11.3. The van der Waals surface area contributed by atoms with Gasteiger partial charge in [-0.2, -0.15) is 0 Å². The van der Waals surface area contributed by atoms with E-state index in [9.17, 15) is 0 Å². The molecule has 128 valence electrons. The van der Waals surface area contributed by atoms with Crippen molar-refractivity contribution in [3.63, 3.8) is 0 Å². The third-order valence-electron chi connectivity index (χ3n) is 4.64. The summed E-state index contributed by atoms with van der Waals surface area (Å²) >= 11 is 3.95. The second-order valence-electron chi connectivity index (χ2n) is 6.56. The molecule has 1 aliphatic rings. The van der Waals surface area contributed by atoms with Crippen LogP contribution in [0.3, 0.4) is 0 Å². The van der Waals surface area contributed by atoms with Crippen LogP contribution in [0.25, 0.3) is 0 Å². The average molecular weight is 349 g/mol. The molecule has 0 saturated heterocycles. The lowest BCUT2D eigenvalue weighted by Gasteiger charge is -2.21. The van der Waals surface area contributed by atoms with Gasteiger partial charge in [0.05, 0.1) is 0 Å². The summed E-state index contributed by atoms with van der Waals surface area (Å²) in [6, 6.07) is 9.03. The molecule has 1 aromatic rings. The molecule has 0 N–H and O–H groups in total. The predicted octanol–water partition coefficient (Wildman–Crippen LogP) is 7.59. The van der Waals surface area contributed by atoms with Gasteiger partial charge in [0.25, 0.3) is 0 Å². The van der Waals surface area contributed by atoms with E-state index in [2.05, 4.69) is 43.3 Å². The maximum absolute atomic E-state index is 2.35. The van der Waals surface area contributed by atoms with Gasteiger partial charge >= 0.3 is 0 Å². The number of rotatable bonds is 10. The van der Waals surface area contributed by atoms with Gasteiger partial charge in [-0.05, 0) is 43.2 Å². The van der Waals surface area contributed by atoms with E-state index in [0.717, 1.165) is 11.7 Å². The summed E-state index contributed by atoms with van der Waals surface area (Å²) in [6.07, 6.45) is 17.5. The molecule has 0 spiro atoms. The van der Waals surface area contributed by atoms with Crippen molar-refractivity contribution in [1.29, 1.82) is 0 Å². The maximum atomic E-state index is 2.35. The van der Waals surface area contributed by atoms with E-state index < -0.39 is 0 Å². The first-order chi connectivity index (χ1) is 11.4. The van der Waals surface area contributed by atoms with Gasteiger partial charge in [-0.25, -0.2) is 0 Å². The largest absolute Gasteiger partial charge is 0.126 e. The van der Waals surface area contributed by atoms with E-state index in [-0.39, 0.29) is 0 Å². The minimum absolute atomic E-state index is 1.06. The van der Waals surface area contributed by atoms with Crippen LogP contribution in [-0.2, 0) is 0 Å². The highest BCUT2D eigenvalue weighted by Crippen LogP contribution is 2.29. The van der Waals surface area contributed by atoms with Crippen LogP contribution in [0.1, 0.15) is 64.7 Å². The van der Waals surface area contributed by atoms with E-state index in [4.69, 9.17) is 0 Å². The Morgan fingerprint density at radius 1 is 1.00 bits per heavy atom. The Hall–Kier alpha value is -0.340. The van der Waals surface area contributed by atoms with Crippen molar-refractivity contribution in [3.8, 4) is 0 Å². The summed E-state index contributed by atoms with van der Waals surface area (Å²) in [5.74, 6) is 3.40. The molecule has 23 heavy (non-hydrogen) atoms. The van der Waals surface area contributed by atoms with Gasteiger partial charge in [-0.1, -0.05) is 69.6 Å². The molecule has 0 aliphatic heterocycles. The van der Waals surface area contributed by atoms with E-state index in [1.165, 1.54) is 73.3 Å². The van der Waals surface area contributed by atoms with Crippen LogP contribution >= 0.6 is 23.5 Å². The first-order valence-electron chi connectivity index (χ1n) is 9.35. The Bertz CT molecular complexity index is 447. The third kappa shape index (κ3) is 8.35. The van der Waals surface area contributed by atoms with Crippen molar-refractivity contribution in [2.45, 2.75) is 74.5 Å². The highest BCUT2D eigenvalue weighted by atomic mass is 32.2.